The monoisotopic (exact) mass is 284 g/mol. The lowest BCUT2D eigenvalue weighted by atomic mass is 10.0. The van der Waals surface area contributed by atoms with Crippen LogP contribution < -0.4 is 5.73 Å². The van der Waals surface area contributed by atoms with Crippen LogP contribution in [0.4, 0.5) is 5.69 Å². The molecule has 0 aliphatic carbocycles. The molecule has 1 aromatic heterocycles. The summed E-state index contributed by atoms with van der Waals surface area (Å²) >= 11 is 5.95. The lowest BCUT2D eigenvalue weighted by Crippen LogP contribution is -2.04. The van der Waals surface area contributed by atoms with Crippen LogP contribution >= 0.6 is 11.6 Å². The Hall–Kier alpha value is -2.26. The van der Waals surface area contributed by atoms with Crippen LogP contribution in [0.25, 0.3) is 10.9 Å². The van der Waals surface area contributed by atoms with Crippen molar-refractivity contribution >= 4 is 34.0 Å². The maximum atomic E-state index is 12.6. The van der Waals surface area contributed by atoms with Crippen LogP contribution in [0.5, 0.6) is 0 Å². The van der Waals surface area contributed by atoms with Gasteiger partial charge in [0.05, 0.1) is 0 Å². The van der Waals surface area contributed by atoms with Gasteiger partial charge in [-0.15, -0.1) is 0 Å². The molecule has 2 aromatic carbocycles. The molecule has 20 heavy (non-hydrogen) atoms. The Morgan fingerprint density at radius 2 is 1.95 bits per heavy atom. The van der Waals surface area contributed by atoms with Crippen LogP contribution in [0, 0.1) is 6.92 Å². The van der Waals surface area contributed by atoms with Gasteiger partial charge in [0.2, 0.25) is 0 Å². The molecule has 3 nitrogen and oxygen atoms in total. The average molecular weight is 285 g/mol. The number of hydrogen-bond acceptors (Lipinski definition) is 2. The third kappa shape index (κ3) is 2.06. The molecule has 0 aliphatic heterocycles. The number of carbonyl (C=O) groups excluding carboxylic acids is 1. The number of fused-ring (bicyclic) bond motifs is 1. The van der Waals surface area contributed by atoms with Gasteiger partial charge in [-0.1, -0.05) is 23.2 Å². The van der Waals surface area contributed by atoms with Gasteiger partial charge in [-0.2, -0.15) is 0 Å². The van der Waals surface area contributed by atoms with Gasteiger partial charge in [0.15, 0.2) is 5.78 Å². The summed E-state index contributed by atoms with van der Waals surface area (Å²) in [4.78, 5) is 15.8. The van der Waals surface area contributed by atoms with Crippen LogP contribution in [0.15, 0.2) is 42.6 Å². The number of aromatic amines is 1. The van der Waals surface area contributed by atoms with Gasteiger partial charge in [0, 0.05) is 38.9 Å². The highest BCUT2D eigenvalue weighted by molar-refractivity contribution is 6.31. The lowest BCUT2D eigenvalue weighted by Gasteiger charge is -2.05. The van der Waals surface area contributed by atoms with E-state index in [-0.39, 0.29) is 5.78 Å². The Labute approximate surface area is 121 Å². The summed E-state index contributed by atoms with van der Waals surface area (Å²) in [6.07, 6.45) is 1.72. The largest absolute Gasteiger partial charge is 0.398 e. The quantitative estimate of drug-likeness (QED) is 0.553. The van der Waals surface area contributed by atoms with Crippen LogP contribution in [0.3, 0.4) is 0 Å². The van der Waals surface area contributed by atoms with E-state index >= 15 is 0 Å². The van der Waals surface area contributed by atoms with Gasteiger partial charge in [-0.25, -0.2) is 0 Å². The van der Waals surface area contributed by atoms with Crippen LogP contribution in [0.2, 0.25) is 5.02 Å². The number of ketones is 1. The van der Waals surface area contributed by atoms with Gasteiger partial charge in [-0.05, 0) is 37.3 Å². The molecule has 100 valence electrons. The number of anilines is 1. The molecule has 1 heterocycles. The Kier molecular flexibility index (Phi) is 2.99. The molecule has 0 unspecified atom stereocenters. The number of nitrogen functional groups attached to an aromatic ring is 1. The maximum Gasteiger partial charge on any atom is 0.197 e. The molecule has 3 rings (SSSR count). The second-order valence-electron chi connectivity index (χ2n) is 4.81. The molecule has 3 N–H and O–H groups in total. The summed E-state index contributed by atoms with van der Waals surface area (Å²) in [5.41, 5.74) is 9.38. The molecule has 0 radical (unpaired) electrons. The van der Waals surface area contributed by atoms with Crippen molar-refractivity contribution in [1.29, 1.82) is 0 Å². The Bertz CT molecular complexity index is 820. The van der Waals surface area contributed by atoms with Gasteiger partial charge in [0.25, 0.3) is 0 Å². The highest BCUT2D eigenvalue weighted by atomic mass is 35.5. The van der Waals surface area contributed by atoms with E-state index in [2.05, 4.69) is 4.98 Å². The number of H-pyrrole nitrogens is 1. The fourth-order valence-corrected chi connectivity index (χ4v) is 2.46. The van der Waals surface area contributed by atoms with E-state index in [0.717, 1.165) is 16.5 Å². The van der Waals surface area contributed by atoms with Gasteiger partial charge >= 0.3 is 0 Å². The van der Waals surface area contributed by atoms with Crippen molar-refractivity contribution in [3.8, 4) is 0 Å². The summed E-state index contributed by atoms with van der Waals surface area (Å²) in [5, 5.41) is 1.40. The van der Waals surface area contributed by atoms with Crippen molar-refractivity contribution in [2.75, 3.05) is 5.73 Å². The van der Waals surface area contributed by atoms with E-state index in [1.807, 2.05) is 25.1 Å². The molecule has 0 atom stereocenters. The molecule has 4 heteroatoms. The summed E-state index contributed by atoms with van der Waals surface area (Å²) in [5.74, 6) is -0.123. The van der Waals surface area contributed by atoms with E-state index in [9.17, 15) is 4.79 Å². The molecule has 0 bridgehead atoms. The minimum Gasteiger partial charge on any atom is -0.398 e. The molecule has 0 saturated heterocycles. The standard InChI is InChI=1S/C16H13ClN2O/c1-9-2-5-15-11(6-9)13(8-19-15)16(20)12-7-10(17)3-4-14(12)18/h2-8,19H,18H2,1H3. The van der Waals surface area contributed by atoms with E-state index < -0.39 is 0 Å². The van der Waals surface area contributed by atoms with Crippen molar-refractivity contribution in [2.45, 2.75) is 6.92 Å². The summed E-state index contributed by atoms with van der Waals surface area (Å²) in [7, 11) is 0. The molecule has 0 aliphatic rings. The molecule has 0 amide bonds. The number of aromatic nitrogens is 1. The lowest BCUT2D eigenvalue weighted by molar-refractivity contribution is 0.104. The molecule has 0 saturated carbocycles. The zero-order valence-electron chi connectivity index (χ0n) is 10.9. The minimum absolute atomic E-state index is 0.123. The predicted molar refractivity (Wildman–Crippen MR) is 82.3 cm³/mol. The van der Waals surface area contributed by atoms with E-state index in [1.54, 1.807) is 24.4 Å². The molecule has 0 fully saturated rings. The summed E-state index contributed by atoms with van der Waals surface area (Å²) in [6, 6.07) is 10.9. The van der Waals surface area contributed by atoms with Crippen molar-refractivity contribution in [3.05, 3.63) is 64.3 Å². The average Bonchev–Trinajstić information content (AvgIpc) is 2.83. The Balaban J connectivity index is 2.17. The first-order valence-corrected chi connectivity index (χ1v) is 6.61. The number of halogens is 1. The SMILES string of the molecule is Cc1ccc2[nH]cc(C(=O)c3cc(Cl)ccc3N)c2c1. The second kappa shape index (κ2) is 4.69. The first-order valence-electron chi connectivity index (χ1n) is 6.24. The predicted octanol–water partition coefficient (Wildman–Crippen LogP) is 3.94. The van der Waals surface area contributed by atoms with E-state index in [4.69, 9.17) is 17.3 Å². The minimum atomic E-state index is -0.123. The van der Waals surface area contributed by atoms with Gasteiger partial charge in [0.1, 0.15) is 0 Å². The maximum absolute atomic E-state index is 12.6. The molecule has 0 spiro atoms. The number of rotatable bonds is 2. The van der Waals surface area contributed by atoms with Crippen molar-refractivity contribution in [3.63, 3.8) is 0 Å². The van der Waals surface area contributed by atoms with Crippen molar-refractivity contribution in [2.24, 2.45) is 0 Å². The number of nitrogens with one attached hydrogen (secondary N) is 1. The number of nitrogens with two attached hydrogens (primary N) is 1. The van der Waals surface area contributed by atoms with Crippen LogP contribution in [-0.4, -0.2) is 10.8 Å². The van der Waals surface area contributed by atoms with Gasteiger partial charge in [-0.3, -0.25) is 4.79 Å². The zero-order chi connectivity index (χ0) is 14.3. The first kappa shape index (κ1) is 12.8. The molecule has 3 aromatic rings. The van der Waals surface area contributed by atoms with Crippen LogP contribution in [-0.2, 0) is 0 Å². The fraction of sp³-hybridized carbons (Fsp3) is 0.0625. The number of benzene rings is 2. The highest BCUT2D eigenvalue weighted by Crippen LogP contribution is 2.26. The molecular formula is C16H13ClN2O. The smallest absolute Gasteiger partial charge is 0.197 e. The number of hydrogen-bond donors (Lipinski definition) is 2. The third-order valence-electron chi connectivity index (χ3n) is 3.34. The highest BCUT2D eigenvalue weighted by Gasteiger charge is 2.17. The normalized spacial score (nSPS) is 10.9. The third-order valence-corrected chi connectivity index (χ3v) is 3.58. The first-order chi connectivity index (χ1) is 9.56. The summed E-state index contributed by atoms with van der Waals surface area (Å²) < 4.78 is 0. The Morgan fingerprint density at radius 3 is 2.75 bits per heavy atom. The molecular weight excluding hydrogens is 272 g/mol. The fourth-order valence-electron chi connectivity index (χ4n) is 2.29. The summed E-state index contributed by atoms with van der Waals surface area (Å²) in [6.45, 7) is 1.99. The van der Waals surface area contributed by atoms with Crippen molar-refractivity contribution in [1.82, 2.24) is 4.98 Å². The van der Waals surface area contributed by atoms with Crippen molar-refractivity contribution < 1.29 is 4.79 Å². The number of aryl methyl sites for hydroxylation is 1. The number of carbonyl (C=O) groups is 1. The second-order valence-corrected chi connectivity index (χ2v) is 5.25. The van der Waals surface area contributed by atoms with Gasteiger partial charge < -0.3 is 10.7 Å². The van der Waals surface area contributed by atoms with Crippen LogP contribution in [0.1, 0.15) is 21.5 Å². The van der Waals surface area contributed by atoms with E-state index in [0.29, 0.717) is 21.8 Å². The zero-order valence-corrected chi connectivity index (χ0v) is 11.7. The van der Waals surface area contributed by atoms with E-state index in [1.165, 1.54) is 0 Å². The topological polar surface area (TPSA) is 58.9 Å². The Morgan fingerprint density at radius 1 is 1.15 bits per heavy atom.